The van der Waals surface area contributed by atoms with Crippen LogP contribution in [0.4, 0.5) is 5.69 Å². The number of amides is 1. The van der Waals surface area contributed by atoms with Crippen LogP contribution in [0.15, 0.2) is 30.3 Å². The normalized spacial score (nSPS) is 10.5. The first-order valence-corrected chi connectivity index (χ1v) is 7.00. The van der Waals surface area contributed by atoms with Crippen LogP contribution in [0.2, 0.25) is 0 Å². The van der Waals surface area contributed by atoms with E-state index in [1.807, 2.05) is 12.1 Å². The number of ether oxygens (including phenoxy) is 1. The zero-order valence-electron chi connectivity index (χ0n) is 11.4. The van der Waals surface area contributed by atoms with Crippen LogP contribution in [0.3, 0.4) is 0 Å². The van der Waals surface area contributed by atoms with Gasteiger partial charge in [0.2, 0.25) is 5.91 Å². The number of esters is 1. The predicted molar refractivity (Wildman–Crippen MR) is 80.7 cm³/mol. The van der Waals surface area contributed by atoms with Crippen LogP contribution in [0.1, 0.15) is 25.3 Å². The topological polar surface area (TPSA) is 55.4 Å². The molecule has 1 N–H and O–H groups in total. The number of nitrogens with one attached hydrogen (secondary N) is 1. The van der Waals surface area contributed by atoms with Crippen molar-refractivity contribution in [3.05, 3.63) is 35.9 Å². The Morgan fingerprint density at radius 2 is 2.20 bits per heavy atom. The number of halogens is 1. The van der Waals surface area contributed by atoms with Crippen molar-refractivity contribution in [1.82, 2.24) is 0 Å². The SMILES string of the molecule is CCOC(=O)/C=C/c1cccc(NC(=O)CCCCl)c1. The lowest BCUT2D eigenvalue weighted by Crippen LogP contribution is -2.11. The molecule has 0 aliphatic carbocycles. The summed E-state index contributed by atoms with van der Waals surface area (Å²) in [7, 11) is 0. The molecule has 0 fully saturated rings. The highest BCUT2D eigenvalue weighted by molar-refractivity contribution is 6.18. The molecule has 0 aromatic heterocycles. The fourth-order valence-electron chi connectivity index (χ4n) is 1.53. The van der Waals surface area contributed by atoms with Gasteiger partial charge in [0, 0.05) is 24.1 Å². The van der Waals surface area contributed by atoms with Crippen molar-refractivity contribution in [3.8, 4) is 0 Å². The summed E-state index contributed by atoms with van der Waals surface area (Å²) in [5.74, 6) is 0.0108. The maximum absolute atomic E-state index is 11.6. The molecule has 1 aromatic carbocycles. The molecule has 0 heterocycles. The first-order valence-electron chi connectivity index (χ1n) is 6.46. The number of hydrogen-bond donors (Lipinski definition) is 1. The summed E-state index contributed by atoms with van der Waals surface area (Å²) in [6.07, 6.45) is 4.05. The van der Waals surface area contributed by atoms with Gasteiger partial charge in [0.25, 0.3) is 0 Å². The van der Waals surface area contributed by atoms with Crippen LogP contribution < -0.4 is 5.32 Å². The Morgan fingerprint density at radius 1 is 1.40 bits per heavy atom. The van der Waals surface area contributed by atoms with Crippen LogP contribution in [0.25, 0.3) is 6.08 Å². The van der Waals surface area contributed by atoms with Crippen molar-refractivity contribution in [1.29, 1.82) is 0 Å². The molecule has 0 atom stereocenters. The van der Waals surface area contributed by atoms with Crippen LogP contribution in [0, 0.1) is 0 Å². The molecule has 1 aromatic rings. The van der Waals surface area contributed by atoms with Crippen LogP contribution >= 0.6 is 11.6 Å². The van der Waals surface area contributed by atoms with Gasteiger partial charge in [0.15, 0.2) is 0 Å². The molecule has 0 aliphatic heterocycles. The smallest absolute Gasteiger partial charge is 0.330 e. The zero-order valence-corrected chi connectivity index (χ0v) is 12.2. The fourth-order valence-corrected chi connectivity index (χ4v) is 1.66. The summed E-state index contributed by atoms with van der Waals surface area (Å²) < 4.78 is 4.79. The molecule has 4 nitrogen and oxygen atoms in total. The summed E-state index contributed by atoms with van der Waals surface area (Å²) in [5, 5.41) is 2.78. The number of benzene rings is 1. The van der Waals surface area contributed by atoms with Crippen LogP contribution in [-0.2, 0) is 14.3 Å². The molecule has 108 valence electrons. The monoisotopic (exact) mass is 295 g/mol. The molecule has 0 spiro atoms. The Balaban J connectivity index is 2.61. The predicted octanol–water partition coefficient (Wildman–Crippen LogP) is 3.22. The number of carbonyl (C=O) groups excluding carboxylic acids is 2. The molecular formula is C15H18ClNO3. The van der Waals surface area contributed by atoms with E-state index in [9.17, 15) is 9.59 Å². The van der Waals surface area contributed by atoms with Crippen LogP contribution in [-0.4, -0.2) is 24.4 Å². The maximum Gasteiger partial charge on any atom is 0.330 e. The van der Waals surface area contributed by atoms with Gasteiger partial charge in [-0.15, -0.1) is 11.6 Å². The van der Waals surface area contributed by atoms with E-state index in [-0.39, 0.29) is 11.9 Å². The molecule has 20 heavy (non-hydrogen) atoms. The highest BCUT2D eigenvalue weighted by Gasteiger charge is 2.02. The highest BCUT2D eigenvalue weighted by Crippen LogP contribution is 2.12. The van der Waals surface area contributed by atoms with E-state index < -0.39 is 0 Å². The van der Waals surface area contributed by atoms with Gasteiger partial charge >= 0.3 is 5.97 Å². The number of carbonyl (C=O) groups is 2. The number of hydrogen-bond acceptors (Lipinski definition) is 3. The molecule has 5 heteroatoms. The minimum Gasteiger partial charge on any atom is -0.463 e. The average Bonchev–Trinajstić information content (AvgIpc) is 2.44. The zero-order chi connectivity index (χ0) is 14.8. The maximum atomic E-state index is 11.6. The molecule has 0 unspecified atom stereocenters. The second kappa shape index (κ2) is 9.15. The third kappa shape index (κ3) is 6.38. The van der Waals surface area contributed by atoms with E-state index in [2.05, 4.69) is 5.32 Å². The standard InChI is InChI=1S/C15H18ClNO3/c1-2-20-15(19)9-8-12-5-3-6-13(11-12)17-14(18)7-4-10-16/h3,5-6,8-9,11H,2,4,7,10H2,1H3,(H,17,18)/b9-8+. The van der Waals surface area contributed by atoms with E-state index in [0.29, 0.717) is 31.0 Å². The lowest BCUT2D eigenvalue weighted by Gasteiger charge is -2.05. The average molecular weight is 296 g/mol. The minimum absolute atomic E-state index is 0.0721. The first kappa shape index (κ1) is 16.2. The number of rotatable bonds is 7. The highest BCUT2D eigenvalue weighted by atomic mass is 35.5. The van der Waals surface area contributed by atoms with Crippen molar-refractivity contribution < 1.29 is 14.3 Å². The van der Waals surface area contributed by atoms with Crippen molar-refractivity contribution in [3.63, 3.8) is 0 Å². The second-order valence-electron chi connectivity index (χ2n) is 4.05. The first-order chi connectivity index (χ1) is 9.65. The van der Waals surface area contributed by atoms with Gasteiger partial charge in [-0.2, -0.15) is 0 Å². The van der Waals surface area contributed by atoms with Crippen LogP contribution in [0.5, 0.6) is 0 Å². The van der Waals surface area contributed by atoms with Crippen molar-refractivity contribution >= 4 is 35.2 Å². The molecule has 0 radical (unpaired) electrons. The van der Waals surface area contributed by atoms with Crippen molar-refractivity contribution in [2.75, 3.05) is 17.8 Å². The molecule has 0 aliphatic rings. The summed E-state index contributed by atoms with van der Waals surface area (Å²) in [4.78, 5) is 22.8. The van der Waals surface area contributed by atoms with Gasteiger partial charge in [-0.05, 0) is 37.1 Å². The Morgan fingerprint density at radius 3 is 2.90 bits per heavy atom. The van der Waals surface area contributed by atoms with E-state index in [1.54, 1.807) is 25.1 Å². The lowest BCUT2D eigenvalue weighted by molar-refractivity contribution is -0.137. The Labute approximate surface area is 123 Å². The molecule has 1 rings (SSSR count). The summed E-state index contributed by atoms with van der Waals surface area (Å²) >= 11 is 5.54. The third-order valence-electron chi connectivity index (χ3n) is 2.41. The molecule has 1 amide bonds. The van der Waals surface area contributed by atoms with Gasteiger partial charge in [-0.3, -0.25) is 4.79 Å². The van der Waals surface area contributed by atoms with Crippen molar-refractivity contribution in [2.24, 2.45) is 0 Å². The van der Waals surface area contributed by atoms with E-state index >= 15 is 0 Å². The van der Waals surface area contributed by atoms with Gasteiger partial charge < -0.3 is 10.1 Å². The molecule has 0 saturated carbocycles. The quantitative estimate of drug-likeness (QED) is 0.477. The summed E-state index contributed by atoms with van der Waals surface area (Å²) in [5.41, 5.74) is 1.50. The largest absolute Gasteiger partial charge is 0.463 e. The third-order valence-corrected chi connectivity index (χ3v) is 2.67. The van der Waals surface area contributed by atoms with Gasteiger partial charge in [0.1, 0.15) is 0 Å². The van der Waals surface area contributed by atoms with Gasteiger partial charge in [0.05, 0.1) is 6.61 Å². The molecular weight excluding hydrogens is 278 g/mol. The van der Waals surface area contributed by atoms with Gasteiger partial charge in [-0.25, -0.2) is 4.79 Å². The van der Waals surface area contributed by atoms with Gasteiger partial charge in [-0.1, -0.05) is 12.1 Å². The number of anilines is 1. The van der Waals surface area contributed by atoms with Crippen molar-refractivity contribution in [2.45, 2.75) is 19.8 Å². The Hall–Kier alpha value is -1.81. The van der Waals surface area contributed by atoms with E-state index in [0.717, 1.165) is 5.56 Å². The Kier molecular flexibility index (Phi) is 7.43. The molecule has 0 saturated heterocycles. The summed E-state index contributed by atoms with van der Waals surface area (Å²) in [6, 6.07) is 7.22. The minimum atomic E-state index is -0.385. The second-order valence-corrected chi connectivity index (χ2v) is 4.43. The lowest BCUT2D eigenvalue weighted by atomic mass is 10.2. The van der Waals surface area contributed by atoms with E-state index in [4.69, 9.17) is 16.3 Å². The Bertz CT molecular complexity index is 486. The van der Waals surface area contributed by atoms with E-state index in [1.165, 1.54) is 6.08 Å². The molecule has 0 bridgehead atoms. The number of alkyl halides is 1. The summed E-state index contributed by atoms with van der Waals surface area (Å²) in [6.45, 7) is 2.10. The fraction of sp³-hybridized carbons (Fsp3) is 0.333.